The SMILES string of the molecule is O=[N+]([O-])c1ccc(Br)cc1NC1CCCc2ccccc21. The highest BCUT2D eigenvalue weighted by atomic mass is 79.9. The minimum atomic E-state index is -0.344. The molecule has 1 N–H and O–H groups in total. The first-order chi connectivity index (χ1) is 10.1. The number of aryl methyl sites for hydroxylation is 1. The Kier molecular flexibility index (Phi) is 3.92. The van der Waals surface area contributed by atoms with E-state index >= 15 is 0 Å². The lowest BCUT2D eigenvalue weighted by molar-refractivity contribution is -0.384. The number of hydrogen-bond acceptors (Lipinski definition) is 3. The number of anilines is 1. The predicted octanol–water partition coefficient (Wildman–Crippen LogP) is 4.85. The summed E-state index contributed by atoms with van der Waals surface area (Å²) >= 11 is 3.38. The van der Waals surface area contributed by atoms with Crippen LogP contribution in [0.4, 0.5) is 11.4 Å². The minimum absolute atomic E-state index is 0.112. The summed E-state index contributed by atoms with van der Waals surface area (Å²) in [6.45, 7) is 0. The van der Waals surface area contributed by atoms with E-state index in [9.17, 15) is 10.1 Å². The fraction of sp³-hybridized carbons (Fsp3) is 0.250. The molecule has 1 aliphatic carbocycles. The van der Waals surface area contributed by atoms with Gasteiger partial charge in [0.25, 0.3) is 5.69 Å². The molecule has 21 heavy (non-hydrogen) atoms. The van der Waals surface area contributed by atoms with E-state index < -0.39 is 0 Å². The highest BCUT2D eigenvalue weighted by Gasteiger charge is 2.22. The van der Waals surface area contributed by atoms with Crippen LogP contribution in [0.2, 0.25) is 0 Å². The number of rotatable bonds is 3. The van der Waals surface area contributed by atoms with Crippen LogP contribution >= 0.6 is 15.9 Å². The van der Waals surface area contributed by atoms with Crippen LogP contribution in [-0.4, -0.2) is 4.92 Å². The minimum Gasteiger partial charge on any atom is -0.373 e. The fourth-order valence-corrected chi connectivity index (χ4v) is 3.24. The summed E-state index contributed by atoms with van der Waals surface area (Å²) in [7, 11) is 0. The van der Waals surface area contributed by atoms with Crippen molar-refractivity contribution < 1.29 is 4.92 Å². The van der Waals surface area contributed by atoms with Crippen molar-refractivity contribution >= 4 is 27.3 Å². The van der Waals surface area contributed by atoms with Crippen LogP contribution in [0.3, 0.4) is 0 Å². The van der Waals surface area contributed by atoms with Gasteiger partial charge in [-0.15, -0.1) is 0 Å². The Morgan fingerprint density at radius 3 is 2.86 bits per heavy atom. The van der Waals surface area contributed by atoms with Crippen molar-refractivity contribution in [1.82, 2.24) is 0 Å². The van der Waals surface area contributed by atoms with E-state index in [4.69, 9.17) is 0 Å². The molecule has 0 heterocycles. The van der Waals surface area contributed by atoms with Crippen LogP contribution < -0.4 is 5.32 Å². The van der Waals surface area contributed by atoms with Gasteiger partial charge in [0.1, 0.15) is 5.69 Å². The van der Waals surface area contributed by atoms with Gasteiger partial charge in [0.05, 0.1) is 11.0 Å². The lowest BCUT2D eigenvalue weighted by atomic mass is 9.87. The standard InChI is InChI=1S/C16H15BrN2O2/c17-12-8-9-16(19(20)21)15(10-12)18-14-7-3-5-11-4-1-2-6-13(11)14/h1-2,4,6,8-10,14,18H,3,5,7H2. The van der Waals surface area contributed by atoms with Gasteiger partial charge in [0, 0.05) is 10.5 Å². The van der Waals surface area contributed by atoms with Crippen molar-refractivity contribution in [2.75, 3.05) is 5.32 Å². The number of nitrogens with one attached hydrogen (secondary N) is 1. The lowest BCUT2D eigenvalue weighted by Crippen LogP contribution is -2.17. The molecule has 2 aromatic carbocycles. The van der Waals surface area contributed by atoms with Gasteiger partial charge in [0.15, 0.2) is 0 Å². The number of nitro groups is 1. The zero-order valence-corrected chi connectivity index (χ0v) is 13.0. The van der Waals surface area contributed by atoms with Crippen LogP contribution in [0, 0.1) is 10.1 Å². The second-order valence-electron chi connectivity index (χ2n) is 5.21. The monoisotopic (exact) mass is 346 g/mol. The second-order valence-corrected chi connectivity index (χ2v) is 6.12. The molecular weight excluding hydrogens is 332 g/mol. The van der Waals surface area contributed by atoms with Crippen molar-refractivity contribution in [2.45, 2.75) is 25.3 Å². The Bertz CT molecular complexity index is 688. The highest BCUT2D eigenvalue weighted by Crippen LogP contribution is 2.36. The van der Waals surface area contributed by atoms with E-state index in [1.54, 1.807) is 12.1 Å². The first-order valence-electron chi connectivity index (χ1n) is 6.93. The van der Waals surface area contributed by atoms with Crippen molar-refractivity contribution in [2.24, 2.45) is 0 Å². The zero-order chi connectivity index (χ0) is 14.8. The molecule has 5 heteroatoms. The molecule has 108 valence electrons. The van der Waals surface area contributed by atoms with E-state index in [0.717, 1.165) is 23.7 Å². The van der Waals surface area contributed by atoms with E-state index in [2.05, 4.69) is 33.4 Å². The van der Waals surface area contributed by atoms with E-state index in [0.29, 0.717) is 5.69 Å². The number of nitro benzene ring substituents is 1. The number of benzene rings is 2. The normalized spacial score (nSPS) is 17.1. The molecule has 0 bridgehead atoms. The molecule has 0 saturated heterocycles. The maximum absolute atomic E-state index is 11.2. The average Bonchev–Trinajstić information content (AvgIpc) is 2.47. The summed E-state index contributed by atoms with van der Waals surface area (Å²) in [6.07, 6.45) is 3.16. The first kappa shape index (κ1) is 14.1. The molecule has 0 aromatic heterocycles. The van der Waals surface area contributed by atoms with Gasteiger partial charge < -0.3 is 5.32 Å². The molecule has 0 radical (unpaired) electrons. The summed E-state index contributed by atoms with van der Waals surface area (Å²) in [4.78, 5) is 10.8. The topological polar surface area (TPSA) is 55.2 Å². The number of halogens is 1. The molecule has 1 unspecified atom stereocenters. The Morgan fingerprint density at radius 1 is 1.24 bits per heavy atom. The summed E-state index contributed by atoms with van der Waals surface area (Å²) in [5.74, 6) is 0. The van der Waals surface area contributed by atoms with Gasteiger partial charge in [-0.1, -0.05) is 40.2 Å². The molecule has 3 rings (SSSR count). The lowest BCUT2D eigenvalue weighted by Gasteiger charge is -2.27. The fourth-order valence-electron chi connectivity index (χ4n) is 2.87. The summed E-state index contributed by atoms with van der Waals surface area (Å²) < 4.78 is 0.833. The van der Waals surface area contributed by atoms with Crippen molar-refractivity contribution in [3.8, 4) is 0 Å². The number of fused-ring (bicyclic) bond motifs is 1. The number of nitrogens with zero attached hydrogens (tertiary/aromatic N) is 1. The van der Waals surface area contributed by atoms with Crippen molar-refractivity contribution in [3.63, 3.8) is 0 Å². The largest absolute Gasteiger partial charge is 0.373 e. The van der Waals surface area contributed by atoms with E-state index in [1.165, 1.54) is 17.2 Å². The Hall–Kier alpha value is -1.88. The maximum Gasteiger partial charge on any atom is 0.292 e. The Morgan fingerprint density at radius 2 is 2.05 bits per heavy atom. The van der Waals surface area contributed by atoms with Crippen LogP contribution in [0.15, 0.2) is 46.9 Å². The predicted molar refractivity (Wildman–Crippen MR) is 86.5 cm³/mol. The molecule has 0 fully saturated rings. The maximum atomic E-state index is 11.2. The molecule has 2 aromatic rings. The van der Waals surface area contributed by atoms with Crippen molar-refractivity contribution in [1.29, 1.82) is 0 Å². The molecule has 0 aliphatic heterocycles. The summed E-state index contributed by atoms with van der Waals surface area (Å²) in [5.41, 5.74) is 3.26. The zero-order valence-electron chi connectivity index (χ0n) is 11.4. The quantitative estimate of drug-likeness (QED) is 0.638. The third-order valence-corrected chi connectivity index (χ3v) is 4.35. The van der Waals surface area contributed by atoms with Crippen LogP contribution in [0.25, 0.3) is 0 Å². The molecular formula is C16H15BrN2O2. The van der Waals surface area contributed by atoms with Crippen LogP contribution in [0.5, 0.6) is 0 Å². The summed E-state index contributed by atoms with van der Waals surface area (Å²) in [5, 5.41) is 14.5. The van der Waals surface area contributed by atoms with Crippen molar-refractivity contribution in [3.05, 3.63) is 68.2 Å². The highest BCUT2D eigenvalue weighted by molar-refractivity contribution is 9.10. The summed E-state index contributed by atoms with van der Waals surface area (Å²) in [6, 6.07) is 13.4. The molecule has 0 spiro atoms. The third kappa shape index (κ3) is 2.93. The van der Waals surface area contributed by atoms with Gasteiger partial charge in [-0.3, -0.25) is 10.1 Å². The Balaban J connectivity index is 1.95. The molecule has 0 saturated carbocycles. The first-order valence-corrected chi connectivity index (χ1v) is 7.73. The van der Waals surface area contributed by atoms with Gasteiger partial charge in [-0.05, 0) is 42.5 Å². The van der Waals surface area contributed by atoms with Crippen LogP contribution in [0.1, 0.15) is 30.0 Å². The molecule has 0 amide bonds. The second kappa shape index (κ2) is 5.85. The van der Waals surface area contributed by atoms with E-state index in [-0.39, 0.29) is 16.7 Å². The van der Waals surface area contributed by atoms with Gasteiger partial charge in [-0.2, -0.15) is 0 Å². The molecule has 1 aliphatic rings. The number of hydrogen-bond donors (Lipinski definition) is 1. The van der Waals surface area contributed by atoms with Gasteiger partial charge in [-0.25, -0.2) is 0 Å². The third-order valence-electron chi connectivity index (χ3n) is 3.85. The smallest absolute Gasteiger partial charge is 0.292 e. The van der Waals surface area contributed by atoms with Gasteiger partial charge in [0.2, 0.25) is 0 Å². The van der Waals surface area contributed by atoms with E-state index in [1.807, 2.05) is 12.1 Å². The van der Waals surface area contributed by atoms with Gasteiger partial charge >= 0.3 is 0 Å². The Labute approximate surface area is 131 Å². The molecule has 4 nitrogen and oxygen atoms in total. The van der Waals surface area contributed by atoms with Crippen LogP contribution in [-0.2, 0) is 6.42 Å². The average molecular weight is 347 g/mol. The molecule has 1 atom stereocenters.